The SMILES string of the molecule is Cc1ccc(OCCCCn2c([C@@H]3CC(=O)N(c4ccc(Cl)cc4)C3)nc3ccccc32)cc1. The van der Waals surface area contributed by atoms with E-state index in [-0.39, 0.29) is 11.8 Å². The molecule has 3 aromatic carbocycles. The van der Waals surface area contributed by atoms with Crippen molar-refractivity contribution < 1.29 is 9.53 Å². The maximum absolute atomic E-state index is 12.9. The molecule has 1 fully saturated rings. The zero-order valence-corrected chi connectivity index (χ0v) is 20.0. The summed E-state index contributed by atoms with van der Waals surface area (Å²) in [6.45, 7) is 4.22. The van der Waals surface area contributed by atoms with E-state index >= 15 is 0 Å². The number of carbonyl (C=O) groups is 1. The predicted octanol–water partition coefficient (Wildman–Crippen LogP) is 6.38. The molecule has 0 saturated carbocycles. The fourth-order valence-corrected chi connectivity index (χ4v) is 4.71. The molecule has 1 aromatic heterocycles. The van der Waals surface area contributed by atoms with Crippen LogP contribution in [0.1, 0.15) is 36.6 Å². The van der Waals surface area contributed by atoms with E-state index in [0.717, 1.165) is 47.7 Å². The van der Waals surface area contributed by atoms with Gasteiger partial charge in [0.15, 0.2) is 0 Å². The van der Waals surface area contributed by atoms with E-state index < -0.39 is 0 Å². The molecule has 6 heteroatoms. The number of para-hydroxylation sites is 2. The number of amides is 1. The van der Waals surface area contributed by atoms with Gasteiger partial charge in [-0.2, -0.15) is 0 Å². The molecule has 1 aliphatic heterocycles. The van der Waals surface area contributed by atoms with Gasteiger partial charge in [0.2, 0.25) is 5.91 Å². The monoisotopic (exact) mass is 473 g/mol. The second-order valence-corrected chi connectivity index (χ2v) is 9.30. The average Bonchev–Trinajstić information content (AvgIpc) is 3.41. The van der Waals surface area contributed by atoms with Crippen molar-refractivity contribution in [2.45, 2.75) is 38.6 Å². The van der Waals surface area contributed by atoms with Gasteiger partial charge in [-0.15, -0.1) is 0 Å². The molecule has 5 rings (SSSR count). The number of aromatic nitrogens is 2. The van der Waals surface area contributed by atoms with Crippen molar-refractivity contribution in [2.24, 2.45) is 0 Å². The highest BCUT2D eigenvalue weighted by atomic mass is 35.5. The first-order chi connectivity index (χ1) is 16.6. The van der Waals surface area contributed by atoms with Gasteiger partial charge in [-0.3, -0.25) is 4.79 Å². The molecule has 174 valence electrons. The van der Waals surface area contributed by atoms with Crippen LogP contribution in [0, 0.1) is 6.92 Å². The van der Waals surface area contributed by atoms with E-state index in [1.165, 1.54) is 5.56 Å². The third kappa shape index (κ3) is 4.80. The molecule has 0 bridgehead atoms. The van der Waals surface area contributed by atoms with E-state index in [4.69, 9.17) is 21.3 Å². The molecule has 0 radical (unpaired) electrons. The molecule has 0 aliphatic carbocycles. The summed E-state index contributed by atoms with van der Waals surface area (Å²) in [5.74, 6) is 2.08. The third-order valence-corrected chi connectivity index (χ3v) is 6.63. The molecule has 2 heterocycles. The van der Waals surface area contributed by atoms with Crippen LogP contribution in [0.15, 0.2) is 72.8 Å². The number of benzene rings is 3. The summed E-state index contributed by atoms with van der Waals surface area (Å²) < 4.78 is 8.19. The molecule has 1 aliphatic rings. The molecular weight excluding hydrogens is 446 g/mol. The first-order valence-corrected chi connectivity index (χ1v) is 12.2. The molecule has 4 aromatic rings. The Balaban J connectivity index is 1.28. The topological polar surface area (TPSA) is 47.4 Å². The molecule has 1 saturated heterocycles. The highest BCUT2D eigenvalue weighted by Gasteiger charge is 2.34. The summed E-state index contributed by atoms with van der Waals surface area (Å²) in [5.41, 5.74) is 4.21. The number of anilines is 1. The Morgan fingerprint density at radius 1 is 1.00 bits per heavy atom. The first-order valence-electron chi connectivity index (χ1n) is 11.8. The number of carbonyl (C=O) groups excluding carboxylic acids is 1. The second kappa shape index (κ2) is 9.90. The lowest BCUT2D eigenvalue weighted by atomic mass is 10.1. The molecule has 1 amide bonds. The van der Waals surface area contributed by atoms with Crippen molar-refractivity contribution in [3.05, 3.63) is 89.2 Å². The van der Waals surface area contributed by atoms with Gasteiger partial charge in [-0.05, 0) is 68.3 Å². The van der Waals surface area contributed by atoms with Crippen molar-refractivity contribution >= 4 is 34.2 Å². The molecular formula is C28H28ClN3O2. The largest absolute Gasteiger partial charge is 0.494 e. The highest BCUT2D eigenvalue weighted by Crippen LogP contribution is 2.33. The lowest BCUT2D eigenvalue weighted by Crippen LogP contribution is -2.24. The van der Waals surface area contributed by atoms with Crippen molar-refractivity contribution in [2.75, 3.05) is 18.1 Å². The van der Waals surface area contributed by atoms with Gasteiger partial charge in [0.1, 0.15) is 11.6 Å². The summed E-state index contributed by atoms with van der Waals surface area (Å²) in [6, 6.07) is 23.8. The van der Waals surface area contributed by atoms with Gasteiger partial charge < -0.3 is 14.2 Å². The van der Waals surface area contributed by atoms with Crippen LogP contribution in [0.2, 0.25) is 5.02 Å². The number of hydrogen-bond donors (Lipinski definition) is 0. The number of nitrogens with zero attached hydrogens (tertiary/aromatic N) is 3. The fourth-order valence-electron chi connectivity index (χ4n) is 4.59. The second-order valence-electron chi connectivity index (χ2n) is 8.86. The van der Waals surface area contributed by atoms with Gasteiger partial charge >= 0.3 is 0 Å². The Bertz CT molecular complexity index is 1280. The maximum atomic E-state index is 12.9. The lowest BCUT2D eigenvalue weighted by molar-refractivity contribution is -0.117. The quantitative estimate of drug-likeness (QED) is 0.279. The third-order valence-electron chi connectivity index (χ3n) is 6.38. The zero-order chi connectivity index (χ0) is 23.5. The number of unbranched alkanes of at least 4 members (excludes halogenated alkanes) is 1. The number of halogens is 1. The number of imidazole rings is 1. The smallest absolute Gasteiger partial charge is 0.227 e. The van der Waals surface area contributed by atoms with Gasteiger partial charge in [0.05, 0.1) is 17.6 Å². The van der Waals surface area contributed by atoms with Crippen LogP contribution in [0.3, 0.4) is 0 Å². The van der Waals surface area contributed by atoms with Gasteiger partial charge in [0.25, 0.3) is 0 Å². The normalized spacial score (nSPS) is 15.9. The number of aryl methyl sites for hydroxylation is 2. The Morgan fingerprint density at radius 2 is 1.76 bits per heavy atom. The number of hydrogen-bond acceptors (Lipinski definition) is 3. The Kier molecular flexibility index (Phi) is 6.54. The molecule has 0 unspecified atom stereocenters. The molecule has 0 spiro atoms. The summed E-state index contributed by atoms with van der Waals surface area (Å²) in [4.78, 5) is 19.7. The van der Waals surface area contributed by atoms with E-state index in [0.29, 0.717) is 24.6 Å². The van der Waals surface area contributed by atoms with Crippen LogP contribution < -0.4 is 9.64 Å². The average molecular weight is 474 g/mol. The van der Waals surface area contributed by atoms with E-state index in [9.17, 15) is 4.79 Å². The van der Waals surface area contributed by atoms with Crippen LogP contribution in [0.5, 0.6) is 5.75 Å². The number of fused-ring (bicyclic) bond motifs is 1. The minimum atomic E-state index is 0.0550. The molecule has 34 heavy (non-hydrogen) atoms. The van der Waals surface area contributed by atoms with Gasteiger partial charge in [-0.25, -0.2) is 4.98 Å². The predicted molar refractivity (Wildman–Crippen MR) is 137 cm³/mol. The number of rotatable bonds is 8. The van der Waals surface area contributed by atoms with E-state index in [1.807, 2.05) is 59.5 Å². The molecule has 0 N–H and O–H groups in total. The van der Waals surface area contributed by atoms with Crippen LogP contribution in [-0.2, 0) is 11.3 Å². The minimum Gasteiger partial charge on any atom is -0.494 e. The van der Waals surface area contributed by atoms with E-state index in [2.05, 4.69) is 29.7 Å². The summed E-state index contributed by atoms with van der Waals surface area (Å²) >= 11 is 6.03. The summed E-state index contributed by atoms with van der Waals surface area (Å²) in [6.07, 6.45) is 2.38. The summed E-state index contributed by atoms with van der Waals surface area (Å²) in [5, 5.41) is 0.667. The molecule has 5 nitrogen and oxygen atoms in total. The van der Waals surface area contributed by atoms with E-state index in [1.54, 1.807) is 0 Å². The maximum Gasteiger partial charge on any atom is 0.227 e. The summed E-state index contributed by atoms with van der Waals surface area (Å²) in [7, 11) is 0. The standard InChI is InChI=1S/C28H28ClN3O2/c1-20-8-14-24(15-9-20)34-17-5-4-16-31-26-7-3-2-6-25(26)30-28(31)21-18-27(33)32(19-21)23-12-10-22(29)11-13-23/h2-3,6-15,21H,4-5,16-19H2,1H3/t21-/m1/s1. The van der Waals surface area contributed by atoms with Crippen LogP contribution in [0.4, 0.5) is 5.69 Å². The fraction of sp³-hybridized carbons (Fsp3) is 0.286. The Labute approximate surface area is 204 Å². The van der Waals surface area contributed by atoms with Gasteiger partial charge in [-0.1, -0.05) is 41.4 Å². The number of ether oxygens (including phenoxy) is 1. The van der Waals surface area contributed by atoms with Crippen molar-refractivity contribution in [3.8, 4) is 5.75 Å². The highest BCUT2D eigenvalue weighted by molar-refractivity contribution is 6.30. The lowest BCUT2D eigenvalue weighted by Gasteiger charge is -2.17. The zero-order valence-electron chi connectivity index (χ0n) is 19.3. The van der Waals surface area contributed by atoms with Crippen LogP contribution in [0.25, 0.3) is 11.0 Å². The van der Waals surface area contributed by atoms with Crippen LogP contribution in [-0.4, -0.2) is 28.6 Å². The van der Waals surface area contributed by atoms with Gasteiger partial charge in [0, 0.05) is 36.1 Å². The van der Waals surface area contributed by atoms with Crippen molar-refractivity contribution in [3.63, 3.8) is 0 Å². The Morgan fingerprint density at radius 3 is 2.56 bits per heavy atom. The van der Waals surface area contributed by atoms with Crippen LogP contribution >= 0.6 is 11.6 Å². The minimum absolute atomic E-state index is 0.0550. The first kappa shape index (κ1) is 22.5. The van der Waals surface area contributed by atoms with Crippen molar-refractivity contribution in [1.82, 2.24) is 9.55 Å². The van der Waals surface area contributed by atoms with Crippen molar-refractivity contribution in [1.29, 1.82) is 0 Å². The Hall–Kier alpha value is -3.31. The molecule has 1 atom stereocenters.